The highest BCUT2D eigenvalue weighted by Gasteiger charge is 2.04. The molecular formula is C17H16N2O. The summed E-state index contributed by atoms with van der Waals surface area (Å²) in [4.78, 5) is 4.41. The molecule has 0 aliphatic rings. The molecule has 0 aliphatic carbocycles. The van der Waals surface area contributed by atoms with Crippen molar-refractivity contribution in [3.8, 4) is 11.5 Å². The first-order valence-corrected chi connectivity index (χ1v) is 6.62. The highest BCUT2D eigenvalue weighted by molar-refractivity contribution is 5.79. The van der Waals surface area contributed by atoms with Crippen LogP contribution in [0.2, 0.25) is 0 Å². The van der Waals surface area contributed by atoms with Crippen molar-refractivity contribution in [2.75, 3.05) is 7.05 Å². The van der Waals surface area contributed by atoms with Crippen molar-refractivity contribution in [1.29, 1.82) is 0 Å². The molecular weight excluding hydrogens is 248 g/mol. The molecule has 0 saturated heterocycles. The van der Waals surface area contributed by atoms with Crippen LogP contribution in [0.25, 0.3) is 10.9 Å². The largest absolute Gasteiger partial charge is 0.455 e. The predicted octanol–water partition coefficient (Wildman–Crippen LogP) is 3.75. The number of fused-ring (bicyclic) bond motifs is 1. The first-order chi connectivity index (χ1) is 9.86. The van der Waals surface area contributed by atoms with Gasteiger partial charge in [0.15, 0.2) is 0 Å². The number of pyridine rings is 1. The van der Waals surface area contributed by atoms with Crippen molar-refractivity contribution in [2.24, 2.45) is 0 Å². The van der Waals surface area contributed by atoms with E-state index in [1.54, 1.807) is 6.20 Å². The second-order valence-electron chi connectivity index (χ2n) is 4.60. The van der Waals surface area contributed by atoms with Gasteiger partial charge in [0.05, 0.1) is 11.7 Å². The molecule has 0 bridgehead atoms. The molecule has 0 aliphatic heterocycles. The minimum Gasteiger partial charge on any atom is -0.455 e. The summed E-state index contributed by atoms with van der Waals surface area (Å²) in [5.74, 6) is 1.62. The van der Waals surface area contributed by atoms with Gasteiger partial charge < -0.3 is 10.1 Å². The summed E-state index contributed by atoms with van der Waals surface area (Å²) in [7, 11) is 1.92. The van der Waals surface area contributed by atoms with Crippen LogP contribution in [0, 0.1) is 0 Å². The van der Waals surface area contributed by atoms with Gasteiger partial charge in [-0.25, -0.2) is 0 Å². The van der Waals surface area contributed by atoms with Gasteiger partial charge >= 0.3 is 0 Å². The van der Waals surface area contributed by atoms with Gasteiger partial charge in [-0.1, -0.05) is 36.4 Å². The molecule has 1 N–H and O–H groups in total. The SMILES string of the molecule is CNCc1ccccc1Oc1cnc2ccccc2c1. The first kappa shape index (κ1) is 12.6. The molecule has 0 unspecified atom stereocenters. The van der Waals surface area contributed by atoms with Gasteiger partial charge in [-0.3, -0.25) is 4.98 Å². The number of para-hydroxylation sites is 2. The molecule has 3 nitrogen and oxygen atoms in total. The van der Waals surface area contributed by atoms with E-state index in [4.69, 9.17) is 4.74 Å². The molecule has 1 aromatic heterocycles. The van der Waals surface area contributed by atoms with Crippen LogP contribution < -0.4 is 10.1 Å². The van der Waals surface area contributed by atoms with Crippen LogP contribution in [0.3, 0.4) is 0 Å². The fourth-order valence-corrected chi connectivity index (χ4v) is 2.17. The Hall–Kier alpha value is -2.39. The van der Waals surface area contributed by atoms with Gasteiger partial charge in [-0.15, -0.1) is 0 Å². The lowest BCUT2D eigenvalue weighted by atomic mass is 10.2. The fourth-order valence-electron chi connectivity index (χ4n) is 2.17. The lowest BCUT2D eigenvalue weighted by Crippen LogP contribution is -2.06. The van der Waals surface area contributed by atoms with Crippen LogP contribution in [0.1, 0.15) is 5.56 Å². The molecule has 3 aromatic rings. The summed E-state index contributed by atoms with van der Waals surface area (Å²) in [6.45, 7) is 0.775. The molecule has 2 aromatic carbocycles. The van der Waals surface area contributed by atoms with Crippen molar-refractivity contribution in [3.05, 3.63) is 66.4 Å². The Morgan fingerprint density at radius 1 is 1.05 bits per heavy atom. The van der Waals surface area contributed by atoms with Crippen LogP contribution in [-0.2, 0) is 6.54 Å². The Morgan fingerprint density at radius 2 is 1.85 bits per heavy atom. The van der Waals surface area contributed by atoms with E-state index in [0.29, 0.717) is 0 Å². The molecule has 1 heterocycles. The Bertz CT molecular complexity index is 725. The van der Waals surface area contributed by atoms with Gasteiger partial charge in [-0.2, -0.15) is 0 Å². The van der Waals surface area contributed by atoms with E-state index >= 15 is 0 Å². The number of nitrogens with zero attached hydrogens (tertiary/aromatic N) is 1. The number of aromatic nitrogens is 1. The maximum absolute atomic E-state index is 5.97. The Morgan fingerprint density at radius 3 is 2.75 bits per heavy atom. The van der Waals surface area contributed by atoms with E-state index in [2.05, 4.69) is 16.4 Å². The molecule has 20 heavy (non-hydrogen) atoms. The van der Waals surface area contributed by atoms with Crippen molar-refractivity contribution >= 4 is 10.9 Å². The predicted molar refractivity (Wildman–Crippen MR) is 81.0 cm³/mol. The van der Waals surface area contributed by atoms with Crippen LogP contribution >= 0.6 is 0 Å². The summed E-state index contributed by atoms with van der Waals surface area (Å²) in [6, 6.07) is 18.0. The van der Waals surface area contributed by atoms with Gasteiger partial charge in [0.25, 0.3) is 0 Å². The van der Waals surface area contributed by atoms with E-state index in [-0.39, 0.29) is 0 Å². The minimum absolute atomic E-state index is 0.757. The maximum Gasteiger partial charge on any atom is 0.146 e. The van der Waals surface area contributed by atoms with Crippen LogP contribution in [0.4, 0.5) is 0 Å². The van der Waals surface area contributed by atoms with Gasteiger partial charge in [-0.05, 0) is 25.2 Å². The van der Waals surface area contributed by atoms with Crippen LogP contribution in [-0.4, -0.2) is 12.0 Å². The third kappa shape index (κ3) is 2.63. The zero-order valence-corrected chi connectivity index (χ0v) is 11.3. The standard InChI is InChI=1S/C17H16N2O/c1-18-11-14-7-3-5-9-17(14)20-15-10-13-6-2-4-8-16(13)19-12-15/h2-10,12,18H,11H2,1H3. The molecule has 0 radical (unpaired) electrons. The Balaban J connectivity index is 1.93. The average molecular weight is 264 g/mol. The van der Waals surface area contributed by atoms with Gasteiger partial charge in [0, 0.05) is 17.5 Å². The van der Waals surface area contributed by atoms with E-state index in [9.17, 15) is 0 Å². The Labute approximate surface area is 118 Å². The minimum atomic E-state index is 0.757. The highest BCUT2D eigenvalue weighted by atomic mass is 16.5. The quantitative estimate of drug-likeness (QED) is 0.779. The summed E-state index contributed by atoms with van der Waals surface area (Å²) in [5.41, 5.74) is 2.10. The van der Waals surface area contributed by atoms with Gasteiger partial charge in [0.1, 0.15) is 11.5 Å². The second-order valence-corrected chi connectivity index (χ2v) is 4.60. The summed E-state index contributed by atoms with van der Waals surface area (Å²) >= 11 is 0. The molecule has 0 saturated carbocycles. The summed E-state index contributed by atoms with van der Waals surface area (Å²) in [6.07, 6.45) is 1.76. The van der Waals surface area contributed by atoms with E-state index in [1.165, 1.54) is 0 Å². The van der Waals surface area contributed by atoms with E-state index in [1.807, 2.05) is 55.6 Å². The molecule has 0 amide bonds. The number of hydrogen-bond acceptors (Lipinski definition) is 3. The van der Waals surface area contributed by atoms with Crippen LogP contribution in [0.15, 0.2) is 60.8 Å². The summed E-state index contributed by atoms with van der Waals surface area (Å²) in [5, 5.41) is 4.22. The monoisotopic (exact) mass is 264 g/mol. The van der Waals surface area contributed by atoms with Crippen LogP contribution in [0.5, 0.6) is 11.5 Å². The van der Waals surface area contributed by atoms with Crippen molar-refractivity contribution in [2.45, 2.75) is 6.54 Å². The Kier molecular flexibility index (Phi) is 3.61. The lowest BCUT2D eigenvalue weighted by molar-refractivity contribution is 0.473. The first-order valence-electron chi connectivity index (χ1n) is 6.62. The molecule has 100 valence electrons. The highest BCUT2D eigenvalue weighted by Crippen LogP contribution is 2.26. The molecule has 0 atom stereocenters. The molecule has 3 heteroatoms. The number of rotatable bonds is 4. The lowest BCUT2D eigenvalue weighted by Gasteiger charge is -2.11. The normalized spacial score (nSPS) is 10.7. The number of nitrogens with one attached hydrogen (secondary N) is 1. The third-order valence-electron chi connectivity index (χ3n) is 3.13. The summed E-state index contributed by atoms with van der Waals surface area (Å²) < 4.78 is 5.97. The maximum atomic E-state index is 5.97. The smallest absolute Gasteiger partial charge is 0.146 e. The fraction of sp³-hybridized carbons (Fsp3) is 0.118. The topological polar surface area (TPSA) is 34.1 Å². The number of ether oxygens (including phenoxy) is 1. The number of benzene rings is 2. The number of hydrogen-bond donors (Lipinski definition) is 1. The zero-order valence-electron chi connectivity index (χ0n) is 11.3. The molecule has 3 rings (SSSR count). The van der Waals surface area contributed by atoms with Crippen molar-refractivity contribution < 1.29 is 4.74 Å². The third-order valence-corrected chi connectivity index (χ3v) is 3.13. The van der Waals surface area contributed by atoms with Crippen molar-refractivity contribution in [3.63, 3.8) is 0 Å². The average Bonchev–Trinajstić information content (AvgIpc) is 2.49. The molecule has 0 spiro atoms. The van der Waals surface area contributed by atoms with E-state index in [0.717, 1.165) is 34.5 Å². The van der Waals surface area contributed by atoms with E-state index < -0.39 is 0 Å². The van der Waals surface area contributed by atoms with Gasteiger partial charge in [0.2, 0.25) is 0 Å². The zero-order chi connectivity index (χ0) is 13.8. The van der Waals surface area contributed by atoms with Crippen molar-refractivity contribution in [1.82, 2.24) is 10.3 Å². The molecule has 0 fully saturated rings. The second kappa shape index (κ2) is 5.72.